The lowest BCUT2D eigenvalue weighted by molar-refractivity contribution is -0.275. The van der Waals surface area contributed by atoms with Crippen molar-refractivity contribution in [2.75, 3.05) is 0 Å². The molecule has 24 heavy (non-hydrogen) atoms. The molecule has 0 aliphatic heterocycles. The van der Waals surface area contributed by atoms with E-state index in [4.69, 9.17) is 21.4 Å². The molecule has 128 valence electrons. The topological polar surface area (TPSA) is 55.8 Å². The highest BCUT2D eigenvalue weighted by atomic mass is 127. The molecular weight excluding hydrogens is 470 g/mol. The van der Waals surface area contributed by atoms with Gasteiger partial charge in [-0.3, -0.25) is 0 Å². The number of carbonyl (C=O) groups is 1. The van der Waals surface area contributed by atoms with Gasteiger partial charge in [0.2, 0.25) is 0 Å². The van der Waals surface area contributed by atoms with Crippen molar-refractivity contribution in [3.05, 3.63) is 50.3 Å². The number of carboxylic acid groups (broad SMARTS) is 1. The Kier molecular flexibility index (Phi) is 5.43. The van der Waals surface area contributed by atoms with Gasteiger partial charge in [0.15, 0.2) is 11.5 Å². The summed E-state index contributed by atoms with van der Waals surface area (Å²) >= 11 is 7.34. The molecule has 0 heterocycles. The van der Waals surface area contributed by atoms with Gasteiger partial charge in [0.25, 0.3) is 0 Å². The molecular formula is C14H6ClF4IO4. The molecule has 0 aromatic heterocycles. The number of halogens is 6. The van der Waals surface area contributed by atoms with Gasteiger partial charge < -0.3 is 14.6 Å². The zero-order valence-electron chi connectivity index (χ0n) is 11.3. The number of ether oxygens (including phenoxy) is 2. The van der Waals surface area contributed by atoms with Gasteiger partial charge in [-0.05, 0) is 40.8 Å². The Morgan fingerprint density at radius 1 is 1.21 bits per heavy atom. The van der Waals surface area contributed by atoms with Crippen molar-refractivity contribution in [1.29, 1.82) is 0 Å². The first-order valence-electron chi connectivity index (χ1n) is 6.03. The number of alkyl halides is 3. The van der Waals surface area contributed by atoms with Crippen molar-refractivity contribution in [3.63, 3.8) is 0 Å². The van der Waals surface area contributed by atoms with Gasteiger partial charge >= 0.3 is 12.3 Å². The van der Waals surface area contributed by atoms with Gasteiger partial charge in [0.1, 0.15) is 11.6 Å². The molecule has 0 bridgehead atoms. The molecule has 0 amide bonds. The molecule has 0 aliphatic carbocycles. The van der Waals surface area contributed by atoms with Crippen LogP contribution in [-0.2, 0) is 0 Å². The van der Waals surface area contributed by atoms with E-state index in [9.17, 15) is 22.4 Å². The lowest BCUT2D eigenvalue weighted by Gasteiger charge is -2.16. The highest BCUT2D eigenvalue weighted by Gasteiger charge is 2.34. The van der Waals surface area contributed by atoms with Crippen molar-refractivity contribution in [1.82, 2.24) is 0 Å². The van der Waals surface area contributed by atoms with Gasteiger partial charge in [-0.25, -0.2) is 9.18 Å². The van der Waals surface area contributed by atoms with E-state index in [2.05, 4.69) is 4.74 Å². The second-order valence-corrected chi connectivity index (χ2v) is 5.85. The second-order valence-electron chi connectivity index (χ2n) is 4.28. The van der Waals surface area contributed by atoms with Crippen LogP contribution in [0.5, 0.6) is 17.2 Å². The van der Waals surface area contributed by atoms with Crippen molar-refractivity contribution in [2.45, 2.75) is 6.36 Å². The van der Waals surface area contributed by atoms with Gasteiger partial charge in [-0.1, -0.05) is 17.7 Å². The average Bonchev–Trinajstić information content (AvgIpc) is 2.44. The number of aromatic carboxylic acids is 1. The SMILES string of the molecule is O=C(O)c1cc(I)c(Oc2cccc(Cl)c2OC(F)(F)F)cc1F. The molecule has 2 rings (SSSR count). The van der Waals surface area contributed by atoms with E-state index in [1.165, 1.54) is 6.07 Å². The lowest BCUT2D eigenvalue weighted by atomic mass is 10.2. The molecule has 4 nitrogen and oxygen atoms in total. The van der Waals surface area contributed by atoms with E-state index < -0.39 is 35.2 Å². The van der Waals surface area contributed by atoms with E-state index in [0.717, 1.165) is 24.3 Å². The summed E-state index contributed by atoms with van der Waals surface area (Å²) in [6.45, 7) is 0. The molecule has 0 saturated heterocycles. The fourth-order valence-corrected chi connectivity index (χ4v) is 2.46. The van der Waals surface area contributed by atoms with Crippen molar-refractivity contribution in [3.8, 4) is 17.2 Å². The van der Waals surface area contributed by atoms with Gasteiger partial charge in [0, 0.05) is 6.07 Å². The van der Waals surface area contributed by atoms with Crippen LogP contribution in [0, 0.1) is 9.39 Å². The van der Waals surface area contributed by atoms with Crippen LogP contribution in [0.2, 0.25) is 5.02 Å². The maximum atomic E-state index is 13.7. The van der Waals surface area contributed by atoms with E-state index >= 15 is 0 Å². The van der Waals surface area contributed by atoms with Crippen LogP contribution in [0.15, 0.2) is 30.3 Å². The molecule has 0 unspecified atom stereocenters. The Morgan fingerprint density at radius 2 is 1.88 bits per heavy atom. The van der Waals surface area contributed by atoms with Crippen LogP contribution < -0.4 is 9.47 Å². The van der Waals surface area contributed by atoms with Gasteiger partial charge in [0.05, 0.1) is 14.2 Å². The largest absolute Gasteiger partial charge is 0.573 e. The Bertz CT molecular complexity index is 795. The van der Waals surface area contributed by atoms with Crippen molar-refractivity contribution in [2.24, 2.45) is 0 Å². The van der Waals surface area contributed by atoms with Crippen LogP contribution in [-0.4, -0.2) is 17.4 Å². The van der Waals surface area contributed by atoms with Crippen LogP contribution in [0.25, 0.3) is 0 Å². The molecule has 0 atom stereocenters. The minimum absolute atomic E-state index is 0.171. The summed E-state index contributed by atoms with van der Waals surface area (Å²) in [6.07, 6.45) is -5.01. The van der Waals surface area contributed by atoms with E-state index in [1.54, 1.807) is 22.6 Å². The smallest absolute Gasteiger partial charge is 0.478 e. The minimum atomic E-state index is -5.01. The van der Waals surface area contributed by atoms with E-state index in [0.29, 0.717) is 0 Å². The molecule has 0 saturated carbocycles. The zero-order chi connectivity index (χ0) is 18.1. The monoisotopic (exact) mass is 476 g/mol. The number of carboxylic acids is 1. The van der Waals surface area contributed by atoms with Crippen LogP contribution in [0.4, 0.5) is 17.6 Å². The lowest BCUT2D eigenvalue weighted by Crippen LogP contribution is -2.17. The number of rotatable bonds is 4. The van der Waals surface area contributed by atoms with E-state index in [1.807, 2.05) is 0 Å². The normalized spacial score (nSPS) is 11.2. The third-order valence-corrected chi connectivity index (χ3v) is 3.76. The molecule has 0 radical (unpaired) electrons. The van der Waals surface area contributed by atoms with Crippen LogP contribution in [0.1, 0.15) is 10.4 Å². The quantitative estimate of drug-likeness (QED) is 0.470. The molecule has 2 aromatic carbocycles. The molecule has 1 N–H and O–H groups in total. The summed E-state index contributed by atoms with van der Waals surface area (Å²) < 4.78 is 60.3. The third-order valence-electron chi connectivity index (χ3n) is 2.62. The summed E-state index contributed by atoms with van der Waals surface area (Å²) in [5, 5.41) is 8.47. The average molecular weight is 477 g/mol. The Morgan fingerprint density at radius 3 is 2.46 bits per heavy atom. The zero-order valence-corrected chi connectivity index (χ0v) is 14.2. The third kappa shape index (κ3) is 4.41. The predicted octanol–water partition coefficient (Wildman–Crippen LogP) is 5.47. The maximum Gasteiger partial charge on any atom is 0.573 e. The summed E-state index contributed by atoms with van der Waals surface area (Å²) in [6, 6.07) is 5.36. The number of hydrogen-bond acceptors (Lipinski definition) is 3. The molecule has 0 fully saturated rings. The summed E-state index contributed by atoms with van der Waals surface area (Å²) in [4.78, 5) is 10.9. The number of para-hydroxylation sites is 1. The van der Waals surface area contributed by atoms with Crippen molar-refractivity contribution >= 4 is 40.2 Å². The first-order valence-corrected chi connectivity index (χ1v) is 7.48. The predicted molar refractivity (Wildman–Crippen MR) is 84.3 cm³/mol. The Balaban J connectivity index is 2.44. The van der Waals surface area contributed by atoms with E-state index in [-0.39, 0.29) is 14.3 Å². The Labute approximate surface area is 151 Å². The summed E-state index contributed by atoms with van der Waals surface area (Å²) in [7, 11) is 0. The maximum absolute atomic E-state index is 13.7. The van der Waals surface area contributed by atoms with Gasteiger partial charge in [-0.2, -0.15) is 0 Å². The summed E-state index contributed by atoms with van der Waals surface area (Å²) in [5.74, 6) is -3.96. The summed E-state index contributed by atoms with van der Waals surface area (Å²) in [5.41, 5.74) is -0.593. The Hall–Kier alpha value is -1.75. The first-order chi connectivity index (χ1) is 11.1. The second kappa shape index (κ2) is 7.01. The fourth-order valence-electron chi connectivity index (χ4n) is 1.67. The highest BCUT2D eigenvalue weighted by molar-refractivity contribution is 14.1. The first kappa shape index (κ1) is 18.6. The highest BCUT2D eigenvalue weighted by Crippen LogP contribution is 2.41. The fraction of sp³-hybridized carbons (Fsp3) is 0.0714. The number of hydrogen-bond donors (Lipinski definition) is 1. The molecule has 2 aromatic rings. The number of benzene rings is 2. The van der Waals surface area contributed by atoms with Crippen LogP contribution >= 0.6 is 34.2 Å². The standard InChI is InChI=1S/C14H6ClF4IO4/c15-7-2-1-3-10(12(7)24-14(17,18)19)23-11-5-8(16)6(13(21)22)4-9(11)20/h1-5H,(H,21,22). The van der Waals surface area contributed by atoms with Crippen molar-refractivity contribution < 1.29 is 36.9 Å². The molecule has 10 heteroatoms. The molecule has 0 spiro atoms. The minimum Gasteiger partial charge on any atom is -0.478 e. The van der Waals surface area contributed by atoms with Crippen LogP contribution in [0.3, 0.4) is 0 Å². The van der Waals surface area contributed by atoms with Gasteiger partial charge in [-0.15, -0.1) is 13.2 Å². The molecule has 0 aliphatic rings.